The van der Waals surface area contributed by atoms with Gasteiger partial charge in [-0.2, -0.15) is 0 Å². The second kappa shape index (κ2) is 5.63. The highest BCUT2D eigenvalue weighted by Gasteiger charge is 2.27. The Hall–Kier alpha value is -3.26. The zero-order valence-corrected chi connectivity index (χ0v) is 14.1. The van der Waals surface area contributed by atoms with Crippen LogP contribution in [0, 0.1) is 10.4 Å². The van der Waals surface area contributed by atoms with Gasteiger partial charge in [0, 0.05) is 11.5 Å². The SMILES string of the molecule is O=C1C=c2ccc3c(c2C(=O)C1)C(c1ccccc1)C=c1ccccc1=3. The second-order valence-electron chi connectivity index (χ2n) is 6.84. The van der Waals surface area contributed by atoms with Crippen LogP contribution >= 0.6 is 0 Å². The van der Waals surface area contributed by atoms with Crippen molar-refractivity contribution < 1.29 is 9.59 Å². The molecule has 0 aromatic heterocycles. The van der Waals surface area contributed by atoms with Gasteiger partial charge in [-0.15, -0.1) is 0 Å². The van der Waals surface area contributed by atoms with Crippen molar-refractivity contribution in [1.82, 2.24) is 0 Å². The van der Waals surface area contributed by atoms with Gasteiger partial charge in [-0.1, -0.05) is 72.8 Å². The van der Waals surface area contributed by atoms with Gasteiger partial charge in [-0.25, -0.2) is 0 Å². The van der Waals surface area contributed by atoms with E-state index < -0.39 is 0 Å². The predicted molar refractivity (Wildman–Crippen MR) is 101 cm³/mol. The topological polar surface area (TPSA) is 34.1 Å². The number of carbonyl (C=O) groups is 2. The molecule has 2 aliphatic rings. The maximum Gasteiger partial charge on any atom is 0.171 e. The Morgan fingerprint density at radius 1 is 0.731 bits per heavy atom. The molecular formula is C24H16O2. The van der Waals surface area contributed by atoms with Crippen LogP contribution < -0.4 is 10.4 Å². The Labute approximate surface area is 150 Å². The summed E-state index contributed by atoms with van der Waals surface area (Å²) in [6.07, 6.45) is 3.81. The van der Waals surface area contributed by atoms with E-state index in [0.717, 1.165) is 26.8 Å². The van der Waals surface area contributed by atoms with E-state index in [-0.39, 0.29) is 23.9 Å². The van der Waals surface area contributed by atoms with Crippen LogP contribution in [0.5, 0.6) is 0 Å². The van der Waals surface area contributed by atoms with E-state index in [1.54, 1.807) is 6.08 Å². The van der Waals surface area contributed by atoms with Crippen molar-refractivity contribution in [3.63, 3.8) is 0 Å². The lowest BCUT2D eigenvalue weighted by Gasteiger charge is -2.23. The highest BCUT2D eigenvalue weighted by Crippen LogP contribution is 2.31. The van der Waals surface area contributed by atoms with Crippen molar-refractivity contribution in [2.45, 2.75) is 12.3 Å². The van der Waals surface area contributed by atoms with E-state index >= 15 is 0 Å². The van der Waals surface area contributed by atoms with Gasteiger partial charge < -0.3 is 0 Å². The van der Waals surface area contributed by atoms with E-state index in [1.165, 1.54) is 5.22 Å². The zero-order chi connectivity index (χ0) is 17.7. The number of carbonyl (C=O) groups excluding carboxylic acids is 2. The normalized spacial score (nSPS) is 17.5. The fourth-order valence-corrected chi connectivity index (χ4v) is 4.17. The lowest BCUT2D eigenvalue weighted by Crippen LogP contribution is -2.29. The molecule has 0 saturated carbocycles. The summed E-state index contributed by atoms with van der Waals surface area (Å²) in [6.45, 7) is 0. The second-order valence-corrected chi connectivity index (χ2v) is 6.84. The molecular weight excluding hydrogens is 320 g/mol. The standard InChI is InChI=1S/C24H16O2/c25-18-12-17-10-11-20-19-9-5-4-8-16(19)13-21(15-6-2-1-3-7-15)24(20)23(17)22(26)14-18/h1-13,21H,14H2. The van der Waals surface area contributed by atoms with Crippen LogP contribution in [0.3, 0.4) is 0 Å². The number of Topliss-reactive ketones (excluding diaryl/α,β-unsaturated/α-hetero) is 2. The summed E-state index contributed by atoms with van der Waals surface area (Å²) in [7, 11) is 0. The molecule has 0 amide bonds. The summed E-state index contributed by atoms with van der Waals surface area (Å²) in [4.78, 5) is 24.7. The van der Waals surface area contributed by atoms with Gasteiger partial charge in [0.05, 0.1) is 6.42 Å². The molecule has 2 heteroatoms. The molecule has 26 heavy (non-hydrogen) atoms. The first-order chi connectivity index (χ1) is 12.7. The minimum Gasteiger partial charge on any atom is -0.294 e. The fourth-order valence-electron chi connectivity index (χ4n) is 4.17. The van der Waals surface area contributed by atoms with E-state index in [1.807, 2.05) is 36.4 Å². The van der Waals surface area contributed by atoms with Gasteiger partial charge in [-0.05, 0) is 38.1 Å². The molecule has 3 aromatic rings. The Kier molecular flexibility index (Phi) is 3.26. The van der Waals surface area contributed by atoms with Crippen LogP contribution in [-0.2, 0) is 4.79 Å². The van der Waals surface area contributed by atoms with Crippen molar-refractivity contribution in [3.8, 4) is 0 Å². The Morgan fingerprint density at radius 3 is 2.35 bits per heavy atom. The average molecular weight is 336 g/mol. The third kappa shape index (κ3) is 2.19. The highest BCUT2D eigenvalue weighted by atomic mass is 16.1. The summed E-state index contributed by atoms with van der Waals surface area (Å²) in [5.74, 6) is -0.182. The van der Waals surface area contributed by atoms with Gasteiger partial charge >= 0.3 is 0 Å². The highest BCUT2D eigenvalue weighted by molar-refractivity contribution is 6.22. The van der Waals surface area contributed by atoms with Gasteiger partial charge in [0.1, 0.15) is 0 Å². The molecule has 124 valence electrons. The zero-order valence-electron chi connectivity index (χ0n) is 14.1. The third-order valence-corrected chi connectivity index (χ3v) is 5.27. The number of hydrogen-bond acceptors (Lipinski definition) is 2. The molecule has 0 spiro atoms. The van der Waals surface area contributed by atoms with Gasteiger partial charge in [-0.3, -0.25) is 9.59 Å². The van der Waals surface area contributed by atoms with Crippen LogP contribution in [0.2, 0.25) is 0 Å². The van der Waals surface area contributed by atoms with E-state index in [9.17, 15) is 9.59 Å². The summed E-state index contributed by atoms with van der Waals surface area (Å²) in [5.41, 5.74) is 2.89. The minimum absolute atomic E-state index is 0.00148. The maximum absolute atomic E-state index is 12.8. The first-order valence-electron chi connectivity index (χ1n) is 8.79. The van der Waals surface area contributed by atoms with Crippen LogP contribution in [0.15, 0.2) is 66.7 Å². The molecule has 0 heterocycles. The van der Waals surface area contributed by atoms with E-state index in [2.05, 4.69) is 36.4 Å². The number of fused-ring (bicyclic) bond motifs is 4. The largest absolute Gasteiger partial charge is 0.294 e. The summed E-state index contributed by atoms with van der Waals surface area (Å²) in [6, 6.07) is 22.5. The van der Waals surface area contributed by atoms with Crippen LogP contribution in [0.25, 0.3) is 12.2 Å². The van der Waals surface area contributed by atoms with Crippen molar-refractivity contribution >= 4 is 23.7 Å². The van der Waals surface area contributed by atoms with Crippen LogP contribution in [-0.4, -0.2) is 11.6 Å². The molecule has 1 atom stereocenters. The van der Waals surface area contributed by atoms with Crippen LogP contribution in [0.1, 0.15) is 33.8 Å². The van der Waals surface area contributed by atoms with Crippen molar-refractivity contribution in [2.24, 2.45) is 0 Å². The molecule has 0 fully saturated rings. The number of benzene rings is 3. The van der Waals surface area contributed by atoms with Gasteiger partial charge in [0.15, 0.2) is 11.6 Å². The minimum atomic E-state index is -0.112. The quantitative estimate of drug-likeness (QED) is 0.641. The molecule has 2 nitrogen and oxygen atoms in total. The Morgan fingerprint density at radius 2 is 1.50 bits per heavy atom. The smallest absolute Gasteiger partial charge is 0.171 e. The van der Waals surface area contributed by atoms with E-state index in [4.69, 9.17) is 0 Å². The number of rotatable bonds is 1. The van der Waals surface area contributed by atoms with Crippen molar-refractivity contribution in [3.05, 3.63) is 104 Å². The maximum atomic E-state index is 12.8. The molecule has 0 saturated heterocycles. The predicted octanol–water partition coefficient (Wildman–Crippen LogP) is 2.84. The van der Waals surface area contributed by atoms with Gasteiger partial charge in [0.2, 0.25) is 0 Å². The lowest BCUT2D eigenvalue weighted by atomic mass is 9.79. The van der Waals surface area contributed by atoms with Crippen molar-refractivity contribution in [2.75, 3.05) is 0 Å². The van der Waals surface area contributed by atoms with Crippen LogP contribution in [0.4, 0.5) is 0 Å². The molecule has 2 aliphatic carbocycles. The first kappa shape index (κ1) is 15.0. The summed E-state index contributed by atoms with van der Waals surface area (Å²) < 4.78 is 0. The Bertz CT molecular complexity index is 1280. The lowest BCUT2D eigenvalue weighted by molar-refractivity contribution is -0.112. The Balaban J connectivity index is 1.99. The fraction of sp³-hybridized carbons (Fsp3) is 0.0833. The molecule has 0 bridgehead atoms. The first-order valence-corrected chi connectivity index (χ1v) is 8.79. The number of ketones is 2. The third-order valence-electron chi connectivity index (χ3n) is 5.27. The monoisotopic (exact) mass is 336 g/mol. The van der Waals surface area contributed by atoms with Crippen molar-refractivity contribution in [1.29, 1.82) is 0 Å². The summed E-state index contributed by atoms with van der Waals surface area (Å²) in [5, 5.41) is 4.16. The van der Waals surface area contributed by atoms with Gasteiger partial charge in [0.25, 0.3) is 0 Å². The summed E-state index contributed by atoms with van der Waals surface area (Å²) >= 11 is 0. The molecule has 1 unspecified atom stereocenters. The molecule has 0 radical (unpaired) electrons. The number of hydrogen-bond donors (Lipinski definition) is 0. The van der Waals surface area contributed by atoms with E-state index in [0.29, 0.717) is 5.56 Å². The molecule has 3 aromatic carbocycles. The molecule has 5 rings (SSSR count). The molecule has 0 aliphatic heterocycles. The average Bonchev–Trinajstić information content (AvgIpc) is 2.67. The molecule has 0 N–H and O–H groups in total.